The van der Waals surface area contributed by atoms with E-state index in [4.69, 9.17) is 28.0 Å². The lowest BCUT2D eigenvalue weighted by atomic mass is 9.86. The number of anilines is 1. The highest BCUT2D eigenvalue weighted by Gasteiger charge is 2.62. The molecule has 0 spiro atoms. The molecule has 0 bridgehead atoms. The quantitative estimate of drug-likeness (QED) is 0.690. The Balaban J connectivity index is 2.04. The van der Waals surface area contributed by atoms with Gasteiger partial charge < -0.3 is 10.2 Å². The Kier molecular flexibility index (Phi) is 4.84. The van der Waals surface area contributed by atoms with Gasteiger partial charge in [0.2, 0.25) is 0 Å². The Morgan fingerprint density at radius 3 is 2.50 bits per heavy atom. The summed E-state index contributed by atoms with van der Waals surface area (Å²) in [5.41, 5.74) is -0.752. The van der Waals surface area contributed by atoms with Crippen LogP contribution in [0.5, 0.6) is 0 Å². The lowest BCUT2D eigenvalue weighted by Crippen LogP contribution is -2.42. The molecule has 2 aromatic rings. The first-order chi connectivity index (χ1) is 12.2. The summed E-state index contributed by atoms with van der Waals surface area (Å²) < 4.78 is 42.0. The molecule has 1 N–H and O–H groups in total. The van der Waals surface area contributed by atoms with Crippen molar-refractivity contribution in [2.24, 2.45) is 5.16 Å². The predicted octanol–water partition coefficient (Wildman–Crippen LogP) is 5.93. The Bertz CT molecular complexity index is 863. The van der Waals surface area contributed by atoms with E-state index < -0.39 is 18.2 Å². The van der Waals surface area contributed by atoms with Crippen LogP contribution in [0, 0.1) is 6.92 Å². The average molecular weight is 403 g/mol. The van der Waals surface area contributed by atoms with Crippen LogP contribution in [-0.2, 0) is 10.4 Å². The Morgan fingerprint density at radius 2 is 1.88 bits per heavy atom. The first kappa shape index (κ1) is 18.9. The number of oxime groups is 1. The SMILES string of the molecule is CNc1cc(C2=NOC(c3cc(C)cc(Cl)c3)(C(F)(F)F)C2)ccc1Cl. The maximum atomic E-state index is 14.0. The molecule has 0 saturated heterocycles. The zero-order chi connectivity index (χ0) is 19.1. The van der Waals surface area contributed by atoms with Crippen molar-refractivity contribution < 1.29 is 18.0 Å². The van der Waals surface area contributed by atoms with Gasteiger partial charge in [0.05, 0.1) is 16.4 Å². The standard InChI is InChI=1S/C18H15Cl2F3N2O/c1-10-5-12(8-13(19)6-10)17(18(21,22)23)9-16(25-26-17)11-3-4-14(20)15(7-11)24-2/h3-8,24H,9H2,1-2H3. The van der Waals surface area contributed by atoms with E-state index in [-0.39, 0.29) is 16.3 Å². The molecular formula is C18H15Cl2F3N2O. The topological polar surface area (TPSA) is 33.6 Å². The van der Waals surface area contributed by atoms with Crippen molar-refractivity contribution in [3.63, 3.8) is 0 Å². The third-order valence-corrected chi connectivity index (χ3v) is 4.81. The van der Waals surface area contributed by atoms with Crippen molar-refractivity contribution in [3.05, 3.63) is 63.1 Å². The molecule has 8 heteroatoms. The number of hydrogen-bond acceptors (Lipinski definition) is 3. The minimum absolute atomic E-state index is 0.0726. The number of aryl methyl sites for hydroxylation is 1. The molecule has 138 valence electrons. The molecule has 1 aliphatic heterocycles. The van der Waals surface area contributed by atoms with Crippen molar-refractivity contribution >= 4 is 34.6 Å². The molecule has 3 nitrogen and oxygen atoms in total. The van der Waals surface area contributed by atoms with E-state index in [0.717, 1.165) is 0 Å². The van der Waals surface area contributed by atoms with Crippen LogP contribution in [0.2, 0.25) is 10.0 Å². The van der Waals surface area contributed by atoms with Crippen molar-refractivity contribution in [3.8, 4) is 0 Å². The lowest BCUT2D eigenvalue weighted by Gasteiger charge is -2.29. The monoisotopic (exact) mass is 402 g/mol. The van der Waals surface area contributed by atoms with Crippen LogP contribution in [-0.4, -0.2) is 18.9 Å². The maximum absolute atomic E-state index is 14.0. The summed E-state index contributed by atoms with van der Waals surface area (Å²) in [5, 5.41) is 7.31. The van der Waals surface area contributed by atoms with E-state index in [9.17, 15) is 13.2 Å². The number of benzene rings is 2. The van der Waals surface area contributed by atoms with Gasteiger partial charge in [-0.15, -0.1) is 0 Å². The summed E-state index contributed by atoms with van der Waals surface area (Å²) >= 11 is 12.0. The number of nitrogens with one attached hydrogen (secondary N) is 1. The van der Waals surface area contributed by atoms with Gasteiger partial charge in [-0.1, -0.05) is 40.5 Å². The largest absolute Gasteiger partial charge is 0.435 e. The number of alkyl halides is 3. The molecule has 1 atom stereocenters. The normalized spacial score (nSPS) is 19.9. The minimum atomic E-state index is -4.67. The van der Waals surface area contributed by atoms with Crippen LogP contribution in [0.15, 0.2) is 41.6 Å². The fourth-order valence-electron chi connectivity index (χ4n) is 2.92. The predicted molar refractivity (Wildman–Crippen MR) is 97.2 cm³/mol. The van der Waals surface area contributed by atoms with Gasteiger partial charge in [0.25, 0.3) is 5.60 Å². The van der Waals surface area contributed by atoms with Crippen LogP contribution in [0.25, 0.3) is 0 Å². The fraction of sp³-hybridized carbons (Fsp3) is 0.278. The van der Waals surface area contributed by atoms with Crippen LogP contribution < -0.4 is 5.32 Å². The molecule has 0 aromatic heterocycles. The van der Waals surface area contributed by atoms with Gasteiger partial charge in [0, 0.05) is 29.6 Å². The number of rotatable bonds is 3. The molecule has 26 heavy (non-hydrogen) atoms. The van der Waals surface area contributed by atoms with Gasteiger partial charge in [-0.05, 0) is 36.8 Å². The Morgan fingerprint density at radius 1 is 1.15 bits per heavy atom. The van der Waals surface area contributed by atoms with Crippen molar-refractivity contribution in [2.75, 3.05) is 12.4 Å². The lowest BCUT2D eigenvalue weighted by molar-refractivity contribution is -0.275. The highest BCUT2D eigenvalue weighted by atomic mass is 35.5. The molecule has 0 fully saturated rings. The third kappa shape index (κ3) is 3.23. The zero-order valence-electron chi connectivity index (χ0n) is 13.9. The van der Waals surface area contributed by atoms with Gasteiger partial charge in [-0.25, -0.2) is 0 Å². The molecule has 3 rings (SSSR count). The van der Waals surface area contributed by atoms with Gasteiger partial charge in [0.15, 0.2) is 0 Å². The molecule has 0 aliphatic carbocycles. The van der Waals surface area contributed by atoms with Crippen LogP contribution >= 0.6 is 23.2 Å². The molecule has 0 saturated carbocycles. The van der Waals surface area contributed by atoms with Gasteiger partial charge in [0.1, 0.15) is 0 Å². The summed E-state index contributed by atoms with van der Waals surface area (Å²) in [4.78, 5) is 5.02. The Hall–Kier alpha value is -1.92. The van der Waals surface area contributed by atoms with E-state index in [0.29, 0.717) is 21.8 Å². The van der Waals surface area contributed by atoms with Gasteiger partial charge >= 0.3 is 6.18 Å². The summed E-state index contributed by atoms with van der Waals surface area (Å²) in [5.74, 6) is 0. The maximum Gasteiger partial charge on any atom is 0.435 e. The summed E-state index contributed by atoms with van der Waals surface area (Å²) in [6.45, 7) is 1.68. The first-order valence-corrected chi connectivity index (χ1v) is 8.49. The fourth-order valence-corrected chi connectivity index (χ4v) is 3.43. The van der Waals surface area contributed by atoms with E-state index in [1.807, 2.05) is 0 Å². The second-order valence-corrected chi connectivity index (χ2v) is 6.94. The van der Waals surface area contributed by atoms with Gasteiger partial charge in [-0.3, -0.25) is 0 Å². The smallest absolute Gasteiger partial charge is 0.387 e. The molecular weight excluding hydrogens is 388 g/mol. The summed E-state index contributed by atoms with van der Waals surface area (Å²) in [7, 11) is 1.67. The second-order valence-electron chi connectivity index (χ2n) is 6.09. The van der Waals surface area contributed by atoms with E-state index >= 15 is 0 Å². The second kappa shape index (κ2) is 6.67. The van der Waals surface area contributed by atoms with Crippen LogP contribution in [0.3, 0.4) is 0 Å². The van der Waals surface area contributed by atoms with Crippen molar-refractivity contribution in [2.45, 2.75) is 25.1 Å². The number of nitrogens with zero attached hydrogens (tertiary/aromatic N) is 1. The molecule has 2 aromatic carbocycles. The molecule has 0 radical (unpaired) electrons. The van der Waals surface area contributed by atoms with Gasteiger partial charge in [-0.2, -0.15) is 13.2 Å². The first-order valence-electron chi connectivity index (χ1n) is 7.73. The highest BCUT2D eigenvalue weighted by molar-refractivity contribution is 6.33. The molecule has 1 unspecified atom stereocenters. The van der Waals surface area contributed by atoms with Crippen LogP contribution in [0.1, 0.15) is 23.1 Å². The third-order valence-electron chi connectivity index (χ3n) is 4.26. The molecule has 1 heterocycles. The molecule has 0 amide bonds. The molecule has 1 aliphatic rings. The van der Waals surface area contributed by atoms with Crippen molar-refractivity contribution in [1.29, 1.82) is 0 Å². The number of halogens is 5. The highest BCUT2D eigenvalue weighted by Crippen LogP contribution is 2.49. The zero-order valence-corrected chi connectivity index (χ0v) is 15.4. The Labute approximate surface area is 158 Å². The van der Waals surface area contributed by atoms with E-state index in [1.54, 1.807) is 38.2 Å². The van der Waals surface area contributed by atoms with Crippen molar-refractivity contribution in [1.82, 2.24) is 0 Å². The summed E-state index contributed by atoms with van der Waals surface area (Å²) in [6, 6.07) is 9.12. The van der Waals surface area contributed by atoms with E-state index in [1.165, 1.54) is 12.1 Å². The van der Waals surface area contributed by atoms with E-state index in [2.05, 4.69) is 10.5 Å². The minimum Gasteiger partial charge on any atom is -0.387 e. The average Bonchev–Trinajstić information content (AvgIpc) is 3.01. The summed E-state index contributed by atoms with van der Waals surface area (Å²) in [6.07, 6.45) is -5.13. The van der Waals surface area contributed by atoms with Crippen LogP contribution in [0.4, 0.5) is 18.9 Å². The number of hydrogen-bond donors (Lipinski definition) is 1.